The van der Waals surface area contributed by atoms with Gasteiger partial charge < -0.3 is 14.8 Å². The van der Waals surface area contributed by atoms with Gasteiger partial charge in [-0.25, -0.2) is 0 Å². The van der Waals surface area contributed by atoms with Gasteiger partial charge in [-0.3, -0.25) is 9.00 Å². The average molecular weight is 231 g/mol. The molecule has 0 saturated heterocycles. The number of amides is 1. The van der Waals surface area contributed by atoms with E-state index in [0.717, 1.165) is 0 Å². The first kappa shape index (κ1) is 11.9. The van der Waals surface area contributed by atoms with Gasteiger partial charge in [0.1, 0.15) is 11.5 Å². The highest BCUT2D eigenvalue weighted by Crippen LogP contribution is 1.98. The van der Waals surface area contributed by atoms with Crippen LogP contribution in [0.5, 0.6) is 0 Å². The molecule has 1 unspecified atom stereocenters. The molecule has 0 fully saturated rings. The van der Waals surface area contributed by atoms with E-state index < -0.39 is 10.8 Å². The van der Waals surface area contributed by atoms with Crippen LogP contribution in [-0.2, 0) is 22.1 Å². The Morgan fingerprint density at radius 3 is 3.00 bits per heavy atom. The highest BCUT2D eigenvalue weighted by Gasteiger charge is 2.07. The smallest absolute Gasteiger partial charge is 0.232 e. The molecule has 84 valence electrons. The number of hydrogen-bond acceptors (Lipinski definition) is 4. The fraction of sp³-hybridized carbons (Fsp3) is 0.444. The summed E-state index contributed by atoms with van der Waals surface area (Å²) in [5, 5.41) is 11.1. The van der Waals surface area contributed by atoms with E-state index in [2.05, 4.69) is 5.32 Å². The Hall–Kier alpha value is -1.14. The molecule has 2 N–H and O–H groups in total. The zero-order valence-corrected chi connectivity index (χ0v) is 8.96. The van der Waals surface area contributed by atoms with Crippen LogP contribution < -0.4 is 5.32 Å². The molecule has 0 bridgehead atoms. The topological polar surface area (TPSA) is 79.5 Å². The van der Waals surface area contributed by atoms with E-state index in [0.29, 0.717) is 12.3 Å². The lowest BCUT2D eigenvalue weighted by Crippen LogP contribution is -2.28. The number of aliphatic hydroxyl groups is 1. The summed E-state index contributed by atoms with van der Waals surface area (Å²) in [5.41, 5.74) is 0. The summed E-state index contributed by atoms with van der Waals surface area (Å²) in [4.78, 5) is 11.2. The van der Waals surface area contributed by atoms with E-state index in [1.54, 1.807) is 12.1 Å². The Morgan fingerprint density at radius 2 is 2.40 bits per heavy atom. The van der Waals surface area contributed by atoms with Gasteiger partial charge in [0, 0.05) is 16.6 Å². The minimum absolute atomic E-state index is 0.0821. The summed E-state index contributed by atoms with van der Waals surface area (Å²) in [6, 6.07) is 3.47. The third-order valence-electron chi connectivity index (χ3n) is 1.65. The number of nitrogens with one attached hydrogen (secondary N) is 1. The second-order valence-corrected chi connectivity index (χ2v) is 4.44. The van der Waals surface area contributed by atoms with E-state index in [1.807, 2.05) is 0 Å². The van der Waals surface area contributed by atoms with Crippen molar-refractivity contribution in [2.75, 3.05) is 18.1 Å². The summed E-state index contributed by atoms with van der Waals surface area (Å²) in [5.74, 6) is 0.393. The first-order chi connectivity index (χ1) is 7.22. The Bertz CT molecular complexity index is 323. The molecule has 0 radical (unpaired) electrons. The summed E-state index contributed by atoms with van der Waals surface area (Å²) in [6.45, 7) is 0.125. The zero-order valence-electron chi connectivity index (χ0n) is 8.14. The lowest BCUT2D eigenvalue weighted by molar-refractivity contribution is -0.118. The lowest BCUT2D eigenvalue weighted by Gasteiger charge is -2.02. The third kappa shape index (κ3) is 4.75. The molecule has 0 aromatic carbocycles. The number of aliphatic hydroxyl groups excluding tert-OH is 1. The summed E-state index contributed by atoms with van der Waals surface area (Å²) in [6.07, 6.45) is 1.52. The average Bonchev–Trinajstić information content (AvgIpc) is 2.67. The van der Waals surface area contributed by atoms with Gasteiger partial charge in [0.25, 0.3) is 0 Å². The molecule has 0 saturated carbocycles. The number of carbonyl (C=O) groups is 1. The van der Waals surface area contributed by atoms with Crippen LogP contribution in [0.3, 0.4) is 0 Å². The number of rotatable bonds is 6. The van der Waals surface area contributed by atoms with Crippen molar-refractivity contribution in [2.24, 2.45) is 0 Å². The third-order valence-corrected chi connectivity index (χ3v) is 2.87. The minimum atomic E-state index is -1.29. The molecule has 5 nitrogen and oxygen atoms in total. The van der Waals surface area contributed by atoms with Crippen molar-refractivity contribution in [1.29, 1.82) is 0 Å². The highest BCUT2D eigenvalue weighted by atomic mass is 32.2. The fourth-order valence-electron chi connectivity index (χ4n) is 0.970. The van der Waals surface area contributed by atoms with E-state index in [4.69, 9.17) is 9.52 Å². The van der Waals surface area contributed by atoms with Crippen LogP contribution in [0.1, 0.15) is 5.76 Å². The molecule has 1 atom stereocenters. The second kappa shape index (κ2) is 6.36. The van der Waals surface area contributed by atoms with Crippen molar-refractivity contribution < 1.29 is 18.5 Å². The van der Waals surface area contributed by atoms with Crippen molar-refractivity contribution >= 4 is 16.7 Å². The maximum atomic E-state index is 11.2. The minimum Gasteiger partial charge on any atom is -0.467 e. The van der Waals surface area contributed by atoms with Crippen LogP contribution in [0.2, 0.25) is 0 Å². The van der Waals surface area contributed by atoms with Crippen molar-refractivity contribution in [1.82, 2.24) is 5.32 Å². The maximum Gasteiger partial charge on any atom is 0.232 e. The predicted molar refractivity (Wildman–Crippen MR) is 55.5 cm³/mol. The zero-order chi connectivity index (χ0) is 11.1. The number of furan rings is 1. The lowest BCUT2D eigenvalue weighted by atomic mass is 10.4. The molecule has 0 spiro atoms. The first-order valence-electron chi connectivity index (χ1n) is 4.47. The molecule has 0 aliphatic rings. The molecular formula is C9H13NO4S. The normalized spacial score (nSPS) is 12.3. The highest BCUT2D eigenvalue weighted by molar-refractivity contribution is 7.85. The van der Waals surface area contributed by atoms with Crippen LogP contribution in [0.15, 0.2) is 22.8 Å². The molecule has 1 aromatic rings. The van der Waals surface area contributed by atoms with Gasteiger partial charge in [0.15, 0.2) is 0 Å². The van der Waals surface area contributed by atoms with Crippen molar-refractivity contribution in [2.45, 2.75) is 6.54 Å². The van der Waals surface area contributed by atoms with Crippen LogP contribution >= 0.6 is 0 Å². The van der Waals surface area contributed by atoms with Gasteiger partial charge in [-0.2, -0.15) is 0 Å². The van der Waals surface area contributed by atoms with Gasteiger partial charge in [-0.15, -0.1) is 0 Å². The Morgan fingerprint density at radius 1 is 1.60 bits per heavy atom. The van der Waals surface area contributed by atoms with Crippen LogP contribution in [-0.4, -0.2) is 33.3 Å². The van der Waals surface area contributed by atoms with Gasteiger partial charge in [-0.05, 0) is 12.1 Å². The summed E-state index contributed by atoms with van der Waals surface area (Å²) >= 11 is 0. The van der Waals surface area contributed by atoms with Crippen molar-refractivity contribution in [3.05, 3.63) is 24.2 Å². The Labute approximate surface area is 89.9 Å². The quantitative estimate of drug-likeness (QED) is 0.700. The molecule has 6 heteroatoms. The van der Waals surface area contributed by atoms with Crippen LogP contribution in [0, 0.1) is 0 Å². The molecule has 1 heterocycles. The molecule has 1 rings (SSSR count). The largest absolute Gasteiger partial charge is 0.467 e. The van der Waals surface area contributed by atoms with E-state index >= 15 is 0 Å². The fourth-order valence-corrected chi connectivity index (χ4v) is 1.71. The van der Waals surface area contributed by atoms with E-state index in [-0.39, 0.29) is 24.0 Å². The van der Waals surface area contributed by atoms with Gasteiger partial charge >= 0.3 is 0 Å². The summed E-state index contributed by atoms with van der Waals surface area (Å²) in [7, 11) is -1.29. The van der Waals surface area contributed by atoms with Crippen molar-refractivity contribution in [3.63, 3.8) is 0 Å². The monoisotopic (exact) mass is 231 g/mol. The summed E-state index contributed by atoms with van der Waals surface area (Å²) < 4.78 is 16.1. The molecule has 0 aliphatic heterocycles. The van der Waals surface area contributed by atoms with Crippen LogP contribution in [0.25, 0.3) is 0 Å². The molecule has 0 aliphatic carbocycles. The maximum absolute atomic E-state index is 11.2. The second-order valence-electron chi connectivity index (χ2n) is 2.87. The van der Waals surface area contributed by atoms with E-state index in [9.17, 15) is 9.00 Å². The Balaban J connectivity index is 2.22. The number of carbonyl (C=O) groups excluding carboxylic acids is 1. The molecule has 1 aromatic heterocycles. The van der Waals surface area contributed by atoms with Crippen LogP contribution in [0.4, 0.5) is 0 Å². The first-order valence-corrected chi connectivity index (χ1v) is 5.96. The molecular weight excluding hydrogens is 218 g/mol. The number of hydrogen-bond donors (Lipinski definition) is 2. The van der Waals surface area contributed by atoms with Gasteiger partial charge in [-0.1, -0.05) is 0 Å². The molecule has 1 amide bonds. The SMILES string of the molecule is O=C(CS(=O)CCO)NCc1ccco1. The Kier molecular flexibility index (Phi) is 5.06. The molecule has 15 heavy (non-hydrogen) atoms. The van der Waals surface area contributed by atoms with Crippen molar-refractivity contribution in [3.8, 4) is 0 Å². The van der Waals surface area contributed by atoms with Gasteiger partial charge in [0.05, 0.1) is 19.4 Å². The standard InChI is InChI=1S/C9H13NO4S/c11-3-5-15(13)7-9(12)10-6-8-2-1-4-14-8/h1-2,4,11H,3,5-7H2,(H,10,12). The van der Waals surface area contributed by atoms with Gasteiger partial charge in [0.2, 0.25) is 5.91 Å². The van der Waals surface area contributed by atoms with E-state index in [1.165, 1.54) is 6.26 Å². The predicted octanol–water partition coefficient (Wildman–Crippen LogP) is -0.363.